The molecule has 1 atom stereocenters. The van der Waals surface area contributed by atoms with E-state index >= 15 is 0 Å². The molecule has 3 aromatic rings. The summed E-state index contributed by atoms with van der Waals surface area (Å²) in [7, 11) is 1.64. The Morgan fingerprint density at radius 3 is 2.68 bits per heavy atom. The lowest BCUT2D eigenvalue weighted by Gasteiger charge is -2.24. The van der Waals surface area contributed by atoms with Crippen LogP contribution in [0.25, 0.3) is 5.69 Å². The van der Waals surface area contributed by atoms with Gasteiger partial charge in [-0.25, -0.2) is 4.68 Å². The van der Waals surface area contributed by atoms with Crippen LogP contribution in [0, 0.1) is 13.8 Å². The number of carbonyl (C=O) groups is 2. The van der Waals surface area contributed by atoms with E-state index in [0.717, 1.165) is 28.1 Å². The molecule has 0 bridgehead atoms. The minimum absolute atomic E-state index is 0.0539. The van der Waals surface area contributed by atoms with Crippen molar-refractivity contribution in [3.8, 4) is 5.69 Å². The Labute approximate surface area is 227 Å². The molecule has 4 rings (SSSR count). The zero-order valence-electron chi connectivity index (χ0n) is 22.5. The van der Waals surface area contributed by atoms with Gasteiger partial charge in [0, 0.05) is 36.1 Å². The lowest BCUT2D eigenvalue weighted by atomic mass is 9.88. The van der Waals surface area contributed by atoms with E-state index in [1.165, 1.54) is 4.88 Å². The molecule has 0 saturated carbocycles. The highest BCUT2D eigenvalue weighted by Gasteiger charge is 2.40. The van der Waals surface area contributed by atoms with E-state index in [9.17, 15) is 9.59 Å². The molecule has 1 aromatic carbocycles. The number of anilines is 1. The van der Waals surface area contributed by atoms with Crippen molar-refractivity contribution in [1.82, 2.24) is 15.1 Å². The monoisotopic (exact) mass is 540 g/mol. The average Bonchev–Trinajstić information content (AvgIpc) is 3.49. The number of rotatable bonds is 8. The number of amides is 2. The number of ether oxygens (including phenoxy) is 1. The molecule has 0 fully saturated rings. The third-order valence-electron chi connectivity index (χ3n) is 6.55. The molecule has 3 heterocycles. The first kappa shape index (κ1) is 27.4. The highest BCUT2D eigenvalue weighted by molar-refractivity contribution is 8.00. The van der Waals surface area contributed by atoms with Gasteiger partial charge in [-0.15, -0.1) is 23.1 Å². The number of hydrogen-bond donors (Lipinski definition) is 1. The first-order valence-corrected chi connectivity index (χ1v) is 14.5. The molecular formula is C28H36N4O3S2. The van der Waals surface area contributed by atoms with E-state index in [0.29, 0.717) is 25.4 Å². The number of carbonyl (C=O) groups excluding carboxylic acids is 2. The molecule has 0 spiro atoms. The summed E-state index contributed by atoms with van der Waals surface area (Å²) in [6.07, 6.45) is 0.715. The summed E-state index contributed by atoms with van der Waals surface area (Å²) in [5.74, 6) is 0.689. The van der Waals surface area contributed by atoms with Crippen molar-refractivity contribution in [3.05, 3.63) is 63.0 Å². The third-order valence-corrected chi connectivity index (χ3v) is 8.88. The van der Waals surface area contributed by atoms with Crippen molar-refractivity contribution < 1.29 is 14.3 Å². The Bertz CT molecular complexity index is 1260. The van der Waals surface area contributed by atoms with Gasteiger partial charge in [0.15, 0.2) is 0 Å². The van der Waals surface area contributed by atoms with Crippen LogP contribution in [-0.4, -0.2) is 54.2 Å². The molecule has 9 heteroatoms. The molecule has 198 valence electrons. The van der Waals surface area contributed by atoms with Crippen LogP contribution < -0.4 is 10.2 Å². The zero-order valence-corrected chi connectivity index (χ0v) is 24.1. The Morgan fingerprint density at radius 1 is 1.22 bits per heavy atom. The van der Waals surface area contributed by atoms with Crippen molar-refractivity contribution in [1.29, 1.82) is 0 Å². The predicted octanol–water partition coefficient (Wildman–Crippen LogP) is 5.17. The van der Waals surface area contributed by atoms with Crippen LogP contribution in [0.5, 0.6) is 0 Å². The lowest BCUT2D eigenvalue weighted by Crippen LogP contribution is -2.42. The maximum atomic E-state index is 13.7. The van der Waals surface area contributed by atoms with Gasteiger partial charge in [0.2, 0.25) is 11.8 Å². The van der Waals surface area contributed by atoms with Gasteiger partial charge >= 0.3 is 0 Å². The number of nitrogens with zero attached hydrogens (tertiary/aromatic N) is 3. The van der Waals surface area contributed by atoms with E-state index in [1.807, 2.05) is 22.9 Å². The number of benzene rings is 1. The second kappa shape index (κ2) is 11.4. The van der Waals surface area contributed by atoms with E-state index in [1.54, 1.807) is 35.1 Å². The smallest absolute Gasteiger partial charge is 0.240 e. The summed E-state index contributed by atoms with van der Waals surface area (Å²) in [5, 5.41) is 10.1. The van der Waals surface area contributed by atoms with Gasteiger partial charge in [0.1, 0.15) is 12.4 Å². The summed E-state index contributed by atoms with van der Waals surface area (Å²) in [4.78, 5) is 29.5. The number of hydrogen-bond acceptors (Lipinski definition) is 6. The van der Waals surface area contributed by atoms with Crippen molar-refractivity contribution in [3.63, 3.8) is 0 Å². The summed E-state index contributed by atoms with van der Waals surface area (Å²) < 4.78 is 7.00. The van der Waals surface area contributed by atoms with Gasteiger partial charge < -0.3 is 10.1 Å². The third kappa shape index (κ3) is 5.78. The van der Waals surface area contributed by atoms with E-state index < -0.39 is 0 Å². The topological polar surface area (TPSA) is 76.5 Å². The maximum Gasteiger partial charge on any atom is 0.240 e. The predicted molar refractivity (Wildman–Crippen MR) is 152 cm³/mol. The second-order valence-corrected chi connectivity index (χ2v) is 12.4. The number of methoxy groups -OCH3 is 1. The van der Waals surface area contributed by atoms with Crippen molar-refractivity contribution in [2.24, 2.45) is 0 Å². The van der Waals surface area contributed by atoms with Gasteiger partial charge in [-0.1, -0.05) is 39.0 Å². The molecular weight excluding hydrogens is 504 g/mol. The Hall–Kier alpha value is -2.62. The molecule has 1 aliphatic rings. The molecule has 0 unspecified atom stereocenters. The molecule has 1 N–H and O–H groups in total. The number of aromatic nitrogens is 2. The fourth-order valence-corrected chi connectivity index (χ4v) is 6.69. The highest BCUT2D eigenvalue weighted by Crippen LogP contribution is 2.49. The van der Waals surface area contributed by atoms with E-state index in [2.05, 4.69) is 57.4 Å². The van der Waals surface area contributed by atoms with Crippen LogP contribution in [0.4, 0.5) is 5.82 Å². The first-order chi connectivity index (χ1) is 17.6. The number of thiophene rings is 1. The lowest BCUT2D eigenvalue weighted by molar-refractivity contribution is -0.122. The van der Waals surface area contributed by atoms with Crippen molar-refractivity contribution in [2.45, 2.75) is 51.7 Å². The van der Waals surface area contributed by atoms with Crippen LogP contribution in [0.2, 0.25) is 0 Å². The first-order valence-electron chi connectivity index (χ1n) is 12.5. The van der Waals surface area contributed by atoms with Crippen LogP contribution >= 0.6 is 23.1 Å². The molecule has 2 amide bonds. The summed E-state index contributed by atoms with van der Waals surface area (Å²) in [6.45, 7) is 11.6. The number of aryl methyl sites for hydroxylation is 1. The van der Waals surface area contributed by atoms with Crippen molar-refractivity contribution in [2.75, 3.05) is 37.5 Å². The summed E-state index contributed by atoms with van der Waals surface area (Å²) >= 11 is 3.30. The van der Waals surface area contributed by atoms with Crippen LogP contribution in [0.1, 0.15) is 59.7 Å². The molecule has 1 aliphatic heterocycles. The van der Waals surface area contributed by atoms with Gasteiger partial charge in [-0.2, -0.15) is 5.10 Å². The molecule has 0 radical (unpaired) electrons. The zero-order chi connectivity index (χ0) is 26.7. The van der Waals surface area contributed by atoms with Crippen LogP contribution in [0.3, 0.4) is 0 Å². The molecule has 2 aromatic heterocycles. The van der Waals surface area contributed by atoms with Crippen molar-refractivity contribution >= 4 is 40.7 Å². The number of fused-ring (bicyclic) bond motifs is 1. The fourth-order valence-electron chi connectivity index (χ4n) is 4.52. The second-order valence-electron chi connectivity index (χ2n) is 10.3. The standard InChI is InChI=1S/C28H36N4O3S2/c1-18-10-7-11-20(19(18)2)32-27-24(26(30-32)28(3,4)5)25(21-12-8-15-36-21)37-17-23(34)31(27)16-22(33)29-13-9-14-35-6/h7-8,10-12,15,25H,9,13-14,16-17H2,1-6H3,(H,29,33)/t25-/m1/s1. The van der Waals surface area contributed by atoms with Gasteiger partial charge in [0.05, 0.1) is 22.4 Å². The van der Waals surface area contributed by atoms with Crippen LogP contribution in [-0.2, 0) is 19.7 Å². The highest BCUT2D eigenvalue weighted by atomic mass is 32.2. The molecule has 0 aliphatic carbocycles. The summed E-state index contributed by atoms with van der Waals surface area (Å²) in [5.41, 5.74) is 4.83. The SMILES string of the molecule is COCCCNC(=O)CN1C(=O)CS[C@H](c2cccs2)c2c(C(C)(C)C)nn(-c3cccc(C)c3C)c21. The van der Waals surface area contributed by atoms with E-state index in [-0.39, 0.29) is 34.8 Å². The molecule has 0 saturated heterocycles. The quantitative estimate of drug-likeness (QED) is 0.399. The maximum absolute atomic E-state index is 13.7. The van der Waals surface area contributed by atoms with E-state index in [4.69, 9.17) is 9.84 Å². The van der Waals surface area contributed by atoms with Crippen LogP contribution in [0.15, 0.2) is 35.7 Å². The Morgan fingerprint density at radius 2 is 2.00 bits per heavy atom. The van der Waals surface area contributed by atoms with Gasteiger partial charge in [-0.3, -0.25) is 14.5 Å². The normalized spacial score (nSPS) is 16.0. The molecule has 37 heavy (non-hydrogen) atoms. The number of thioether (sulfide) groups is 1. The Balaban J connectivity index is 1.92. The minimum Gasteiger partial charge on any atom is -0.385 e. The van der Waals surface area contributed by atoms with Gasteiger partial charge in [-0.05, 0) is 48.9 Å². The summed E-state index contributed by atoms with van der Waals surface area (Å²) in [6, 6.07) is 10.3. The largest absolute Gasteiger partial charge is 0.385 e. The Kier molecular flexibility index (Phi) is 8.46. The average molecular weight is 541 g/mol. The minimum atomic E-state index is -0.273. The fraction of sp³-hybridized carbons (Fsp3) is 0.464. The number of nitrogens with one attached hydrogen (secondary N) is 1. The molecule has 7 nitrogen and oxygen atoms in total. The van der Waals surface area contributed by atoms with Gasteiger partial charge in [0.25, 0.3) is 0 Å².